The standard InChI is InChI=1S/C7H11ClO2/c1-4-5-6(9)10-7(2,3)8/h4-5H,1-3H3/b5-4+. The van der Waals surface area contributed by atoms with E-state index >= 15 is 0 Å². The van der Waals surface area contributed by atoms with Gasteiger partial charge in [-0.25, -0.2) is 4.79 Å². The molecule has 2 nitrogen and oxygen atoms in total. The summed E-state index contributed by atoms with van der Waals surface area (Å²) in [5.41, 5.74) is 0. The Balaban J connectivity index is 3.81. The van der Waals surface area contributed by atoms with Crippen LogP contribution in [0.5, 0.6) is 0 Å². The Morgan fingerprint density at radius 2 is 2.10 bits per heavy atom. The molecule has 0 amide bonds. The van der Waals surface area contributed by atoms with Crippen molar-refractivity contribution in [1.29, 1.82) is 0 Å². The van der Waals surface area contributed by atoms with Gasteiger partial charge >= 0.3 is 5.97 Å². The minimum atomic E-state index is -0.906. The molecule has 0 N–H and O–H groups in total. The number of hydrogen-bond acceptors (Lipinski definition) is 2. The molecular formula is C7H11ClO2. The zero-order valence-corrected chi connectivity index (χ0v) is 7.11. The van der Waals surface area contributed by atoms with Crippen molar-refractivity contribution in [3.05, 3.63) is 12.2 Å². The summed E-state index contributed by atoms with van der Waals surface area (Å²) in [7, 11) is 0. The first-order chi connectivity index (χ1) is 4.45. The minimum absolute atomic E-state index is 0.414. The van der Waals surface area contributed by atoms with Crippen molar-refractivity contribution in [3.8, 4) is 0 Å². The van der Waals surface area contributed by atoms with Crippen molar-refractivity contribution in [1.82, 2.24) is 0 Å². The lowest BCUT2D eigenvalue weighted by molar-refractivity contribution is -0.143. The summed E-state index contributed by atoms with van der Waals surface area (Å²) in [6, 6.07) is 0. The predicted molar refractivity (Wildman–Crippen MR) is 40.8 cm³/mol. The predicted octanol–water partition coefficient (Wildman–Crippen LogP) is 2.08. The van der Waals surface area contributed by atoms with Gasteiger partial charge in [-0.2, -0.15) is 0 Å². The zero-order valence-electron chi connectivity index (χ0n) is 6.35. The third-order valence-corrected chi connectivity index (χ3v) is 0.723. The lowest BCUT2D eigenvalue weighted by Gasteiger charge is -2.14. The normalized spacial score (nSPS) is 12.0. The summed E-state index contributed by atoms with van der Waals surface area (Å²) in [6.45, 7) is 4.95. The first-order valence-electron chi connectivity index (χ1n) is 3.00. The van der Waals surface area contributed by atoms with Gasteiger partial charge in [0.25, 0.3) is 0 Å². The van der Waals surface area contributed by atoms with Crippen LogP contribution in [-0.2, 0) is 9.53 Å². The van der Waals surface area contributed by atoms with E-state index in [-0.39, 0.29) is 0 Å². The highest BCUT2D eigenvalue weighted by molar-refractivity contribution is 6.23. The Morgan fingerprint density at radius 1 is 1.60 bits per heavy atom. The summed E-state index contributed by atoms with van der Waals surface area (Å²) < 4.78 is 4.72. The fourth-order valence-electron chi connectivity index (χ4n) is 0.409. The van der Waals surface area contributed by atoms with Crippen LogP contribution in [0.15, 0.2) is 12.2 Å². The van der Waals surface area contributed by atoms with E-state index in [0.29, 0.717) is 0 Å². The highest BCUT2D eigenvalue weighted by atomic mass is 35.5. The summed E-state index contributed by atoms with van der Waals surface area (Å²) in [6.07, 6.45) is 2.93. The molecule has 0 rings (SSSR count). The molecule has 0 aliphatic heterocycles. The molecule has 0 aromatic rings. The molecule has 3 heteroatoms. The fourth-order valence-corrected chi connectivity index (χ4v) is 0.485. The zero-order chi connectivity index (χ0) is 8.20. The van der Waals surface area contributed by atoms with E-state index in [1.54, 1.807) is 26.8 Å². The second-order valence-corrected chi connectivity index (χ2v) is 3.19. The third-order valence-electron chi connectivity index (χ3n) is 0.646. The van der Waals surface area contributed by atoms with Crippen LogP contribution in [0.2, 0.25) is 0 Å². The quantitative estimate of drug-likeness (QED) is 0.353. The van der Waals surface area contributed by atoms with E-state index in [0.717, 1.165) is 0 Å². The van der Waals surface area contributed by atoms with Crippen molar-refractivity contribution in [2.24, 2.45) is 0 Å². The number of alkyl halides is 1. The van der Waals surface area contributed by atoms with Gasteiger partial charge in [0, 0.05) is 6.08 Å². The average Bonchev–Trinajstić information content (AvgIpc) is 1.59. The van der Waals surface area contributed by atoms with Crippen molar-refractivity contribution in [2.75, 3.05) is 0 Å². The van der Waals surface area contributed by atoms with E-state index in [4.69, 9.17) is 16.3 Å². The molecule has 0 aromatic carbocycles. The van der Waals surface area contributed by atoms with Gasteiger partial charge in [0.2, 0.25) is 0 Å². The number of esters is 1. The van der Waals surface area contributed by atoms with Gasteiger partial charge in [-0.3, -0.25) is 0 Å². The molecule has 0 heterocycles. The smallest absolute Gasteiger partial charge is 0.332 e. The number of ether oxygens (including phenoxy) is 1. The Hall–Kier alpha value is -0.500. The van der Waals surface area contributed by atoms with Crippen molar-refractivity contribution < 1.29 is 9.53 Å². The number of halogens is 1. The molecule has 0 spiro atoms. The van der Waals surface area contributed by atoms with Crippen LogP contribution in [-0.4, -0.2) is 11.0 Å². The molecule has 58 valence electrons. The van der Waals surface area contributed by atoms with Crippen molar-refractivity contribution in [2.45, 2.75) is 25.8 Å². The topological polar surface area (TPSA) is 26.3 Å². The van der Waals surface area contributed by atoms with Crippen molar-refractivity contribution >= 4 is 17.6 Å². The Labute approximate surface area is 65.8 Å². The molecule has 0 aromatic heterocycles. The Morgan fingerprint density at radius 3 is 2.40 bits per heavy atom. The van der Waals surface area contributed by atoms with Gasteiger partial charge in [0.15, 0.2) is 5.06 Å². The van der Waals surface area contributed by atoms with Crippen LogP contribution in [0.3, 0.4) is 0 Å². The maximum Gasteiger partial charge on any atom is 0.332 e. The highest BCUT2D eigenvalue weighted by Gasteiger charge is 2.16. The van der Waals surface area contributed by atoms with Crippen LogP contribution in [0.25, 0.3) is 0 Å². The molecule has 0 fully saturated rings. The van der Waals surface area contributed by atoms with Gasteiger partial charge in [0.1, 0.15) is 0 Å². The molecule has 10 heavy (non-hydrogen) atoms. The van der Waals surface area contributed by atoms with Crippen LogP contribution < -0.4 is 0 Å². The first-order valence-corrected chi connectivity index (χ1v) is 3.38. The molecule has 0 aliphatic rings. The van der Waals surface area contributed by atoms with Crippen LogP contribution in [0, 0.1) is 0 Å². The monoisotopic (exact) mass is 162 g/mol. The summed E-state index contributed by atoms with van der Waals surface area (Å²) in [4.78, 5) is 10.7. The Bertz CT molecular complexity index is 144. The second kappa shape index (κ2) is 3.62. The maximum absolute atomic E-state index is 10.7. The third kappa shape index (κ3) is 5.63. The minimum Gasteiger partial charge on any atom is -0.441 e. The number of rotatable bonds is 2. The van der Waals surface area contributed by atoms with Crippen LogP contribution >= 0.6 is 11.6 Å². The van der Waals surface area contributed by atoms with Gasteiger partial charge < -0.3 is 4.74 Å². The number of carbonyl (C=O) groups is 1. The Kier molecular flexibility index (Phi) is 3.43. The van der Waals surface area contributed by atoms with Gasteiger partial charge in [-0.05, 0) is 20.8 Å². The second-order valence-electron chi connectivity index (χ2n) is 2.28. The molecule has 0 bridgehead atoms. The van der Waals surface area contributed by atoms with E-state index in [1.807, 2.05) is 0 Å². The molecule has 0 saturated carbocycles. The van der Waals surface area contributed by atoms with Gasteiger partial charge in [0.05, 0.1) is 0 Å². The number of hydrogen-bond donors (Lipinski definition) is 0. The highest BCUT2D eigenvalue weighted by Crippen LogP contribution is 2.14. The maximum atomic E-state index is 10.7. The molecule has 0 aliphatic carbocycles. The first kappa shape index (κ1) is 9.50. The molecule has 0 atom stereocenters. The van der Waals surface area contributed by atoms with Gasteiger partial charge in [-0.15, -0.1) is 0 Å². The average molecular weight is 163 g/mol. The molecule has 0 saturated heterocycles. The number of allylic oxidation sites excluding steroid dienone is 1. The summed E-state index contributed by atoms with van der Waals surface area (Å²) in [5, 5.41) is -0.906. The van der Waals surface area contributed by atoms with E-state index in [2.05, 4.69) is 0 Å². The molecule has 0 radical (unpaired) electrons. The summed E-state index contributed by atoms with van der Waals surface area (Å²) >= 11 is 5.59. The largest absolute Gasteiger partial charge is 0.441 e. The van der Waals surface area contributed by atoms with Crippen LogP contribution in [0.1, 0.15) is 20.8 Å². The van der Waals surface area contributed by atoms with E-state index in [1.165, 1.54) is 6.08 Å². The lowest BCUT2D eigenvalue weighted by Crippen LogP contribution is -2.19. The summed E-state index contributed by atoms with van der Waals surface area (Å²) in [5.74, 6) is -0.414. The van der Waals surface area contributed by atoms with Crippen LogP contribution in [0.4, 0.5) is 0 Å². The van der Waals surface area contributed by atoms with Crippen molar-refractivity contribution in [3.63, 3.8) is 0 Å². The molecule has 0 unspecified atom stereocenters. The van der Waals surface area contributed by atoms with E-state index < -0.39 is 11.0 Å². The number of carbonyl (C=O) groups excluding carboxylic acids is 1. The van der Waals surface area contributed by atoms with E-state index in [9.17, 15) is 4.79 Å². The molecular weight excluding hydrogens is 152 g/mol. The SMILES string of the molecule is C/C=C/C(=O)OC(C)(C)Cl. The van der Waals surface area contributed by atoms with Gasteiger partial charge in [-0.1, -0.05) is 17.7 Å². The lowest BCUT2D eigenvalue weighted by atomic mass is 10.4. The fraction of sp³-hybridized carbons (Fsp3) is 0.571.